The van der Waals surface area contributed by atoms with E-state index in [0.717, 1.165) is 66.6 Å². The van der Waals surface area contributed by atoms with E-state index in [1.54, 1.807) is 36.7 Å². The smallest absolute Gasteiger partial charge is 0.254 e. The zero-order valence-electron chi connectivity index (χ0n) is 29.4. The summed E-state index contributed by atoms with van der Waals surface area (Å²) in [6, 6.07) is 16.9. The average molecular weight is 736 g/mol. The van der Waals surface area contributed by atoms with Gasteiger partial charge in [0.15, 0.2) is 0 Å². The van der Waals surface area contributed by atoms with Crippen molar-refractivity contribution in [2.75, 3.05) is 31.1 Å². The second-order valence-corrected chi connectivity index (χ2v) is 14.1. The van der Waals surface area contributed by atoms with Crippen molar-refractivity contribution >= 4 is 29.2 Å². The van der Waals surface area contributed by atoms with Crippen molar-refractivity contribution in [1.82, 2.24) is 30.5 Å². The van der Waals surface area contributed by atoms with Crippen LogP contribution in [0.4, 0.5) is 14.6 Å². The minimum absolute atomic E-state index is 0.0860. The van der Waals surface area contributed by atoms with Gasteiger partial charge in [-0.15, -0.1) is 0 Å². The van der Waals surface area contributed by atoms with E-state index in [-0.39, 0.29) is 34.7 Å². The van der Waals surface area contributed by atoms with Gasteiger partial charge in [-0.25, -0.2) is 13.8 Å². The molecule has 7 rings (SSSR count). The van der Waals surface area contributed by atoms with Gasteiger partial charge < -0.3 is 15.5 Å². The molecule has 0 spiro atoms. The Morgan fingerprint density at radius 1 is 0.755 bits per heavy atom. The highest BCUT2D eigenvalue weighted by Crippen LogP contribution is 2.33. The van der Waals surface area contributed by atoms with E-state index in [1.807, 2.05) is 31.3 Å². The van der Waals surface area contributed by atoms with Crippen molar-refractivity contribution in [3.05, 3.63) is 131 Å². The maximum absolute atomic E-state index is 15.3. The SMILES string of the molecule is Cc1c(C(=O)NC2CCN(Cc3ccc(N4CCC(NC(=O)c5ccc(F)c(-c6cccnc6)c5F)CC4)nc3)CC2)ccc(Cl)c1-c1cccnc1. The van der Waals surface area contributed by atoms with Crippen LogP contribution >= 0.6 is 11.6 Å². The number of pyridine rings is 3. The average Bonchev–Trinajstić information content (AvgIpc) is 3.17. The summed E-state index contributed by atoms with van der Waals surface area (Å²) in [5.41, 5.74) is 4.10. The Bertz CT molecular complexity index is 2070. The molecule has 2 fully saturated rings. The third kappa shape index (κ3) is 8.21. The first-order chi connectivity index (χ1) is 25.7. The van der Waals surface area contributed by atoms with Crippen molar-refractivity contribution in [2.45, 2.75) is 51.2 Å². The molecule has 272 valence electrons. The van der Waals surface area contributed by atoms with Gasteiger partial charge in [-0.05, 0) is 86.2 Å². The lowest BCUT2D eigenvalue weighted by Crippen LogP contribution is -2.45. The first-order valence-corrected chi connectivity index (χ1v) is 18.2. The molecule has 5 aromatic rings. The Kier molecular flexibility index (Phi) is 11.0. The molecule has 5 heterocycles. The highest BCUT2D eigenvalue weighted by molar-refractivity contribution is 6.33. The van der Waals surface area contributed by atoms with Gasteiger partial charge >= 0.3 is 0 Å². The number of halogens is 3. The van der Waals surface area contributed by atoms with Crippen molar-refractivity contribution in [1.29, 1.82) is 0 Å². The summed E-state index contributed by atoms with van der Waals surface area (Å²) >= 11 is 6.52. The molecule has 0 saturated carbocycles. The number of piperidine rings is 2. The molecule has 2 aromatic carbocycles. The number of aromatic nitrogens is 3. The molecule has 0 aliphatic carbocycles. The standard InChI is InChI=1S/C41H40ClF2N7O2/c1-26-32(7-9-34(42)37(26)28-4-2-16-45-23-28)40(52)48-30-12-18-50(19-13-30)25-27-6-11-36(47-22-27)51-20-14-31(15-21-51)49-41(53)33-8-10-35(43)38(39(33)44)29-5-3-17-46-24-29/h2-11,16-17,22-24,30-31H,12-15,18-21,25H2,1H3,(H,48,52)(H,49,53). The summed E-state index contributed by atoms with van der Waals surface area (Å²) in [4.78, 5) is 43.8. The number of rotatable bonds is 9. The van der Waals surface area contributed by atoms with E-state index in [2.05, 4.69) is 36.5 Å². The fourth-order valence-corrected chi connectivity index (χ4v) is 7.58. The zero-order chi connectivity index (χ0) is 36.9. The Labute approximate surface area is 312 Å². The molecule has 0 atom stereocenters. The Morgan fingerprint density at radius 3 is 1.96 bits per heavy atom. The van der Waals surface area contributed by atoms with Crippen molar-refractivity contribution in [2.24, 2.45) is 0 Å². The number of amides is 2. The van der Waals surface area contributed by atoms with Crippen LogP contribution in [-0.2, 0) is 6.54 Å². The van der Waals surface area contributed by atoms with E-state index in [4.69, 9.17) is 16.6 Å². The van der Waals surface area contributed by atoms with Gasteiger partial charge in [0.2, 0.25) is 0 Å². The summed E-state index contributed by atoms with van der Waals surface area (Å²) in [6.45, 7) is 5.79. The number of anilines is 1. The Hall–Kier alpha value is -5.26. The summed E-state index contributed by atoms with van der Waals surface area (Å²) in [5, 5.41) is 6.77. The van der Waals surface area contributed by atoms with E-state index < -0.39 is 17.5 Å². The maximum Gasteiger partial charge on any atom is 0.254 e. The van der Waals surface area contributed by atoms with Gasteiger partial charge in [-0.1, -0.05) is 29.8 Å². The maximum atomic E-state index is 15.3. The molecule has 0 unspecified atom stereocenters. The predicted molar refractivity (Wildman–Crippen MR) is 202 cm³/mol. The number of nitrogens with zero attached hydrogens (tertiary/aromatic N) is 5. The molecular formula is C41H40ClF2N7O2. The number of hydrogen-bond donors (Lipinski definition) is 2. The molecule has 9 nitrogen and oxygen atoms in total. The van der Waals surface area contributed by atoms with E-state index in [1.165, 1.54) is 18.5 Å². The number of carbonyl (C=O) groups is 2. The Balaban J connectivity index is 0.870. The van der Waals surface area contributed by atoms with E-state index in [9.17, 15) is 14.0 Å². The second-order valence-electron chi connectivity index (χ2n) is 13.6. The molecule has 0 radical (unpaired) electrons. The number of nitrogens with one attached hydrogen (secondary N) is 2. The van der Waals surface area contributed by atoms with Gasteiger partial charge in [-0.2, -0.15) is 0 Å². The lowest BCUT2D eigenvalue weighted by molar-refractivity contribution is 0.0905. The third-order valence-electron chi connectivity index (χ3n) is 10.2. The lowest BCUT2D eigenvalue weighted by atomic mass is 9.96. The van der Waals surface area contributed by atoms with E-state index >= 15 is 4.39 Å². The Morgan fingerprint density at radius 2 is 1.36 bits per heavy atom. The summed E-state index contributed by atoms with van der Waals surface area (Å²) in [6.07, 6.45) is 11.3. The highest BCUT2D eigenvalue weighted by atomic mass is 35.5. The number of likely N-dealkylation sites (tertiary alicyclic amines) is 1. The number of benzene rings is 2. The van der Waals surface area contributed by atoms with Crippen LogP contribution in [0, 0.1) is 18.6 Å². The van der Waals surface area contributed by atoms with Crippen LogP contribution < -0.4 is 15.5 Å². The van der Waals surface area contributed by atoms with Crippen LogP contribution in [-0.4, -0.2) is 69.9 Å². The van der Waals surface area contributed by atoms with Crippen LogP contribution in [0.3, 0.4) is 0 Å². The second kappa shape index (κ2) is 16.2. The molecule has 2 aliphatic rings. The van der Waals surface area contributed by atoms with Crippen LogP contribution in [0.5, 0.6) is 0 Å². The fourth-order valence-electron chi connectivity index (χ4n) is 7.26. The predicted octanol–water partition coefficient (Wildman–Crippen LogP) is 7.24. The largest absolute Gasteiger partial charge is 0.356 e. The van der Waals surface area contributed by atoms with Gasteiger partial charge in [0.25, 0.3) is 11.8 Å². The molecule has 3 aromatic heterocycles. The topological polar surface area (TPSA) is 103 Å². The lowest BCUT2D eigenvalue weighted by Gasteiger charge is -2.34. The van der Waals surface area contributed by atoms with Gasteiger partial charge in [-0.3, -0.25) is 24.5 Å². The molecule has 0 bridgehead atoms. The van der Waals surface area contributed by atoms with Crippen LogP contribution in [0.2, 0.25) is 5.02 Å². The molecule has 2 N–H and O–H groups in total. The van der Waals surface area contributed by atoms with Crippen molar-refractivity contribution in [3.8, 4) is 22.3 Å². The zero-order valence-corrected chi connectivity index (χ0v) is 30.1. The van der Waals surface area contributed by atoms with E-state index in [0.29, 0.717) is 36.5 Å². The molecule has 53 heavy (non-hydrogen) atoms. The van der Waals surface area contributed by atoms with Crippen molar-refractivity contribution in [3.63, 3.8) is 0 Å². The molecule has 2 amide bonds. The molecule has 2 aliphatic heterocycles. The first kappa shape index (κ1) is 36.1. The van der Waals surface area contributed by atoms with Crippen LogP contribution in [0.15, 0.2) is 91.6 Å². The molecular weight excluding hydrogens is 696 g/mol. The van der Waals surface area contributed by atoms with Gasteiger partial charge in [0.1, 0.15) is 17.5 Å². The minimum atomic E-state index is -0.895. The summed E-state index contributed by atoms with van der Waals surface area (Å²) in [7, 11) is 0. The quantitative estimate of drug-likeness (QED) is 0.165. The number of carbonyl (C=O) groups excluding carboxylic acids is 2. The van der Waals surface area contributed by atoms with Crippen LogP contribution in [0.25, 0.3) is 22.3 Å². The first-order valence-electron chi connectivity index (χ1n) is 17.9. The molecule has 2 saturated heterocycles. The minimum Gasteiger partial charge on any atom is -0.356 e. The summed E-state index contributed by atoms with van der Waals surface area (Å²) < 4.78 is 29.8. The number of hydrogen-bond acceptors (Lipinski definition) is 7. The van der Waals surface area contributed by atoms with Crippen LogP contribution in [0.1, 0.15) is 57.5 Å². The fraction of sp³-hybridized carbons (Fsp3) is 0.293. The third-order valence-corrected chi connectivity index (χ3v) is 10.5. The summed E-state index contributed by atoms with van der Waals surface area (Å²) in [5.74, 6) is -1.42. The van der Waals surface area contributed by atoms with Crippen molar-refractivity contribution < 1.29 is 18.4 Å². The molecule has 12 heteroatoms. The monoisotopic (exact) mass is 735 g/mol. The highest BCUT2D eigenvalue weighted by Gasteiger charge is 2.26. The van der Waals surface area contributed by atoms with Gasteiger partial charge in [0, 0.05) is 103 Å². The van der Waals surface area contributed by atoms with Gasteiger partial charge in [0.05, 0.1) is 11.1 Å². The normalized spacial score (nSPS) is 15.7.